The Morgan fingerprint density at radius 3 is 2.07 bits per heavy atom. The van der Waals surface area contributed by atoms with Crippen LogP contribution in [0.25, 0.3) is 21.9 Å². The van der Waals surface area contributed by atoms with Crippen molar-refractivity contribution < 1.29 is 35.9 Å². The first-order chi connectivity index (χ1) is 26.1. The van der Waals surface area contributed by atoms with Gasteiger partial charge in [-0.25, -0.2) is 9.59 Å². The van der Waals surface area contributed by atoms with Gasteiger partial charge in [0.2, 0.25) is 5.91 Å². The third kappa shape index (κ3) is 7.97. The molecule has 0 spiro atoms. The summed E-state index contributed by atoms with van der Waals surface area (Å²) in [5.41, 5.74) is 1.81. The minimum Gasteiger partial charge on any atom is -0.398 e. The molecule has 0 radical (unpaired) electrons. The number of para-hydroxylation sites is 1. The molecule has 2 aromatic heterocycles. The molecule has 4 N–H and O–H groups in total. The maximum Gasteiger partial charge on any atom is 0.418 e. The van der Waals surface area contributed by atoms with Gasteiger partial charge in [-0.2, -0.15) is 26.3 Å². The molecule has 1 atom stereocenters. The molecule has 0 aliphatic carbocycles. The van der Waals surface area contributed by atoms with Crippen LogP contribution in [-0.2, 0) is 23.6 Å². The minimum absolute atomic E-state index is 0.173. The van der Waals surface area contributed by atoms with Crippen LogP contribution >= 0.6 is 0 Å². The topological polar surface area (TPSA) is 136 Å². The number of fused-ring (bicyclic) bond motifs is 3. The lowest BCUT2D eigenvalue weighted by molar-refractivity contribution is -0.141. The van der Waals surface area contributed by atoms with Crippen molar-refractivity contribution in [2.24, 2.45) is 0 Å². The average molecular weight is 776 g/mol. The van der Waals surface area contributed by atoms with Crippen LogP contribution in [0.2, 0.25) is 0 Å². The lowest BCUT2D eigenvalue weighted by Gasteiger charge is -2.42. The van der Waals surface area contributed by atoms with E-state index < -0.39 is 59.1 Å². The number of nitrogens with two attached hydrogens (primary N) is 1. The Balaban J connectivity index is 1.09. The Morgan fingerprint density at radius 1 is 0.873 bits per heavy atom. The number of H-pyrrole nitrogens is 1. The number of hydrogen-bond donors (Lipinski definition) is 3. The molecule has 4 aromatic rings. The van der Waals surface area contributed by atoms with Crippen molar-refractivity contribution in [3.8, 4) is 0 Å². The molecule has 0 bridgehead atoms. The molecule has 3 amide bonds. The van der Waals surface area contributed by atoms with E-state index in [1.165, 1.54) is 9.80 Å². The molecule has 1 unspecified atom stereocenters. The summed E-state index contributed by atoms with van der Waals surface area (Å²) >= 11 is 0. The van der Waals surface area contributed by atoms with E-state index in [-0.39, 0.29) is 30.9 Å². The maximum absolute atomic E-state index is 14.1. The van der Waals surface area contributed by atoms with Gasteiger partial charge >= 0.3 is 24.1 Å². The number of likely N-dealkylation sites (N-methyl/N-ethyl adjacent to an activating group) is 1. The van der Waals surface area contributed by atoms with Crippen LogP contribution in [-0.4, -0.2) is 118 Å². The standard InChI is InChI=1S/C37H43F6N9O3/c1-48-14-16-49(17-15-48)23-6-10-50(11-7-23)33(53)29(20-22-18-26(36(38,39)40)31(44)27(19-22)37(41,42)43)46-34(54)51-12-8-24(9-13-51)52-30-21-45-28-5-3-2-4-25(28)32(30)47-35(52)55/h2-5,18-19,21,23-24,29H,6-17,20,44H2,1H3,(H,46,54)(H,47,55). The highest BCUT2D eigenvalue weighted by Gasteiger charge is 2.42. The molecule has 5 heterocycles. The number of nitrogens with zero attached hydrogens (tertiary/aromatic N) is 6. The van der Waals surface area contributed by atoms with Crippen LogP contribution in [0.1, 0.15) is 48.4 Å². The molecule has 55 heavy (non-hydrogen) atoms. The molecule has 3 aliphatic rings. The zero-order valence-corrected chi connectivity index (χ0v) is 30.2. The lowest BCUT2D eigenvalue weighted by Crippen LogP contribution is -2.57. The van der Waals surface area contributed by atoms with Gasteiger partial charge in [-0.1, -0.05) is 18.2 Å². The first-order valence-electron chi connectivity index (χ1n) is 18.4. The number of nitrogens with one attached hydrogen (secondary N) is 2. The van der Waals surface area contributed by atoms with Crippen LogP contribution in [0.4, 0.5) is 36.8 Å². The number of hydrogen-bond acceptors (Lipinski definition) is 7. The van der Waals surface area contributed by atoms with E-state index in [4.69, 9.17) is 5.73 Å². The summed E-state index contributed by atoms with van der Waals surface area (Å²) in [5, 5.41) is 3.44. The number of piperazine rings is 1. The summed E-state index contributed by atoms with van der Waals surface area (Å²) in [4.78, 5) is 56.0. The van der Waals surface area contributed by atoms with E-state index in [1.807, 2.05) is 24.3 Å². The van der Waals surface area contributed by atoms with Crippen LogP contribution in [0.5, 0.6) is 0 Å². The number of nitrogen functional groups attached to an aromatic ring is 1. The number of pyridine rings is 1. The second-order valence-electron chi connectivity index (χ2n) is 14.8. The molecule has 3 saturated heterocycles. The lowest BCUT2D eigenvalue weighted by atomic mass is 9.96. The Labute approximate surface area is 312 Å². The van der Waals surface area contributed by atoms with Crippen molar-refractivity contribution in [2.75, 3.05) is 65.1 Å². The number of benzene rings is 2. The highest BCUT2D eigenvalue weighted by molar-refractivity contribution is 6.01. The quantitative estimate of drug-likeness (QED) is 0.191. The van der Waals surface area contributed by atoms with Crippen LogP contribution < -0.4 is 16.7 Å². The zero-order chi connectivity index (χ0) is 39.2. The number of alkyl halides is 6. The first kappa shape index (κ1) is 38.4. The van der Waals surface area contributed by atoms with E-state index in [2.05, 4.69) is 32.1 Å². The summed E-state index contributed by atoms with van der Waals surface area (Å²) in [7, 11) is 2.05. The van der Waals surface area contributed by atoms with Crippen LogP contribution in [0, 0.1) is 0 Å². The normalized spacial score (nSPS) is 19.3. The van der Waals surface area contributed by atoms with Crippen molar-refractivity contribution in [3.05, 3.63) is 69.8 Å². The molecule has 18 heteroatoms. The van der Waals surface area contributed by atoms with Gasteiger partial charge in [0.05, 0.1) is 39.6 Å². The van der Waals surface area contributed by atoms with Crippen molar-refractivity contribution in [3.63, 3.8) is 0 Å². The van der Waals surface area contributed by atoms with Crippen LogP contribution in [0.15, 0.2) is 47.4 Å². The van der Waals surface area contributed by atoms with Gasteiger partial charge in [0, 0.05) is 76.2 Å². The van der Waals surface area contributed by atoms with Gasteiger partial charge in [-0.15, -0.1) is 0 Å². The number of piperidine rings is 2. The van der Waals surface area contributed by atoms with E-state index in [1.54, 1.807) is 10.8 Å². The molecule has 2 aromatic carbocycles. The van der Waals surface area contributed by atoms with Gasteiger partial charge in [0.25, 0.3) is 0 Å². The second-order valence-corrected chi connectivity index (χ2v) is 14.8. The molecular formula is C37H43F6N9O3. The Bertz CT molecular complexity index is 2070. The predicted molar refractivity (Wildman–Crippen MR) is 193 cm³/mol. The summed E-state index contributed by atoms with van der Waals surface area (Å²) in [6.07, 6.45) is -7.38. The van der Waals surface area contributed by atoms with E-state index >= 15 is 0 Å². The number of carbonyl (C=O) groups is 2. The molecular weight excluding hydrogens is 732 g/mol. The van der Waals surface area contributed by atoms with Gasteiger partial charge in [-0.3, -0.25) is 19.2 Å². The summed E-state index contributed by atoms with van der Waals surface area (Å²) < 4.78 is 85.2. The summed E-state index contributed by atoms with van der Waals surface area (Å²) in [5.74, 6) is -0.593. The third-order valence-corrected chi connectivity index (χ3v) is 11.3. The van der Waals surface area contributed by atoms with Gasteiger partial charge in [0.1, 0.15) is 6.04 Å². The number of likely N-dealkylation sites (tertiary alicyclic amines) is 2. The molecule has 3 aliphatic heterocycles. The number of carbonyl (C=O) groups excluding carboxylic acids is 2. The number of aromatic amines is 1. The average Bonchev–Trinajstić information content (AvgIpc) is 3.50. The van der Waals surface area contributed by atoms with E-state index in [0.717, 1.165) is 37.1 Å². The number of aromatic nitrogens is 3. The molecule has 0 saturated carbocycles. The van der Waals surface area contributed by atoms with Crippen molar-refractivity contribution in [2.45, 2.75) is 62.6 Å². The number of anilines is 1. The van der Waals surface area contributed by atoms with E-state index in [9.17, 15) is 40.7 Å². The first-order valence-corrected chi connectivity index (χ1v) is 18.4. The highest BCUT2D eigenvalue weighted by atomic mass is 19.4. The van der Waals surface area contributed by atoms with Gasteiger partial charge in [-0.05, 0) is 56.5 Å². The van der Waals surface area contributed by atoms with Crippen molar-refractivity contribution >= 4 is 39.6 Å². The highest BCUT2D eigenvalue weighted by Crippen LogP contribution is 2.42. The van der Waals surface area contributed by atoms with Crippen molar-refractivity contribution in [1.82, 2.24) is 39.5 Å². The number of rotatable bonds is 6. The molecule has 296 valence electrons. The Kier molecular flexibility index (Phi) is 10.5. The fourth-order valence-electron chi connectivity index (χ4n) is 8.25. The molecule has 7 rings (SSSR count). The summed E-state index contributed by atoms with van der Waals surface area (Å²) in [6, 6.07) is 6.22. The van der Waals surface area contributed by atoms with Gasteiger partial charge in [0.15, 0.2) is 0 Å². The fourth-order valence-corrected chi connectivity index (χ4v) is 8.25. The second kappa shape index (κ2) is 15.0. The van der Waals surface area contributed by atoms with Gasteiger partial charge < -0.3 is 30.7 Å². The van der Waals surface area contributed by atoms with E-state index in [0.29, 0.717) is 61.9 Å². The number of amides is 3. The SMILES string of the molecule is CN1CCN(C2CCN(C(=O)C(Cc3cc(C(F)(F)F)c(N)c(C(F)(F)F)c3)NC(=O)N3CCC(n4c(=O)[nH]c5c6ccccc6ncc54)CC3)CC2)CC1. The number of urea groups is 1. The molecule has 12 nitrogen and oxygen atoms in total. The summed E-state index contributed by atoms with van der Waals surface area (Å²) in [6.45, 7) is 4.58. The number of imidazole rings is 1. The fraction of sp³-hybridized carbons (Fsp3) is 0.514. The smallest absolute Gasteiger partial charge is 0.398 e. The minimum atomic E-state index is -5.20. The zero-order valence-electron chi connectivity index (χ0n) is 30.2. The van der Waals surface area contributed by atoms with Crippen LogP contribution in [0.3, 0.4) is 0 Å². The Hall–Kier alpha value is -4.84. The van der Waals surface area contributed by atoms with Crippen molar-refractivity contribution in [1.29, 1.82) is 0 Å². The third-order valence-electron chi connectivity index (χ3n) is 11.3. The maximum atomic E-state index is 14.1. The predicted octanol–water partition coefficient (Wildman–Crippen LogP) is 4.69. The largest absolute Gasteiger partial charge is 0.418 e. The Morgan fingerprint density at radius 2 is 1.45 bits per heavy atom. The molecule has 3 fully saturated rings. The monoisotopic (exact) mass is 775 g/mol. The number of halogens is 6.